The van der Waals surface area contributed by atoms with Crippen LogP contribution in [0.3, 0.4) is 0 Å². The lowest BCUT2D eigenvalue weighted by atomic mass is 9.83. The molecule has 0 bridgehead atoms. The van der Waals surface area contributed by atoms with Crippen molar-refractivity contribution >= 4 is 117 Å². The highest BCUT2D eigenvalue weighted by atomic mass is 32.1. The molecule has 2 heteroatoms. The molecule has 2 aromatic heterocycles. The lowest BCUT2D eigenvalue weighted by Crippen LogP contribution is -1.93. The van der Waals surface area contributed by atoms with Crippen molar-refractivity contribution in [3.8, 4) is 33.4 Å². The van der Waals surface area contributed by atoms with Crippen molar-refractivity contribution in [3.63, 3.8) is 0 Å². The van der Waals surface area contributed by atoms with Gasteiger partial charge in [-0.3, -0.25) is 0 Å². The maximum absolute atomic E-state index is 2.46. The van der Waals surface area contributed by atoms with Crippen LogP contribution in [-0.2, 0) is 0 Å². The minimum atomic E-state index is 1.25. The third kappa shape index (κ3) is 4.62. The van der Waals surface area contributed by atoms with Gasteiger partial charge in [-0.2, -0.15) is 0 Å². The first-order valence-electron chi connectivity index (χ1n) is 19.9. The van der Waals surface area contributed by atoms with Crippen LogP contribution < -0.4 is 0 Å². The van der Waals surface area contributed by atoms with Crippen molar-refractivity contribution in [2.75, 3.05) is 0 Å². The third-order valence-corrected chi connectivity index (χ3v) is 14.8. The maximum Gasteiger partial charge on any atom is 0.0433 e. The zero-order chi connectivity index (χ0) is 37.9. The fraction of sp³-hybridized carbons (Fsp3) is 0. The lowest BCUT2D eigenvalue weighted by molar-refractivity contribution is 1.67. The smallest absolute Gasteiger partial charge is 0.0433 e. The van der Waals surface area contributed by atoms with Gasteiger partial charge in [0.15, 0.2) is 0 Å². The van der Waals surface area contributed by atoms with Gasteiger partial charge in [-0.1, -0.05) is 170 Å². The van der Waals surface area contributed by atoms with E-state index in [1.165, 1.54) is 128 Å². The largest absolute Gasteiger partial charge is 0.135 e. The molecule has 0 unspecified atom stereocenters. The Bertz CT molecular complexity index is 3800. The van der Waals surface area contributed by atoms with Gasteiger partial charge in [0.05, 0.1) is 0 Å². The predicted molar refractivity (Wildman–Crippen MR) is 256 cm³/mol. The summed E-state index contributed by atoms with van der Waals surface area (Å²) < 4.78 is 5.42. The molecule has 0 fully saturated rings. The van der Waals surface area contributed by atoms with Crippen LogP contribution in [0.2, 0.25) is 0 Å². The van der Waals surface area contributed by atoms with E-state index in [1.807, 2.05) is 22.7 Å². The zero-order valence-corrected chi connectivity index (χ0v) is 32.9. The van der Waals surface area contributed by atoms with Crippen molar-refractivity contribution in [1.29, 1.82) is 0 Å². The van der Waals surface area contributed by atoms with Crippen LogP contribution in [0.5, 0.6) is 0 Å². The van der Waals surface area contributed by atoms with E-state index < -0.39 is 0 Å². The van der Waals surface area contributed by atoms with E-state index in [-0.39, 0.29) is 0 Å². The first-order valence-corrected chi connectivity index (χ1v) is 21.5. The average Bonchev–Trinajstić information content (AvgIpc) is 3.84. The Balaban J connectivity index is 1.02. The van der Waals surface area contributed by atoms with Gasteiger partial charge in [0.2, 0.25) is 0 Å². The monoisotopic (exact) mass is 768 g/mol. The highest BCUT2D eigenvalue weighted by Crippen LogP contribution is 2.49. The third-order valence-electron chi connectivity index (χ3n) is 12.4. The van der Waals surface area contributed by atoms with Crippen LogP contribution in [0.25, 0.3) is 128 Å². The molecule has 58 heavy (non-hydrogen) atoms. The number of hydrogen-bond acceptors (Lipinski definition) is 2. The maximum atomic E-state index is 2.46. The van der Waals surface area contributed by atoms with Gasteiger partial charge in [0.1, 0.15) is 0 Å². The molecule has 2 heterocycles. The summed E-state index contributed by atoms with van der Waals surface area (Å²) in [6.45, 7) is 0. The van der Waals surface area contributed by atoms with Gasteiger partial charge in [-0.25, -0.2) is 0 Å². The van der Waals surface area contributed by atoms with Crippen molar-refractivity contribution in [1.82, 2.24) is 0 Å². The Kier molecular flexibility index (Phi) is 6.86. The summed E-state index contributed by atoms with van der Waals surface area (Å²) in [5.41, 5.74) is 7.63. The molecule has 13 aromatic rings. The Hall–Kier alpha value is -6.84. The summed E-state index contributed by atoms with van der Waals surface area (Å²) in [6.07, 6.45) is 0. The van der Waals surface area contributed by atoms with Crippen molar-refractivity contribution in [3.05, 3.63) is 194 Å². The molecule has 0 saturated carbocycles. The zero-order valence-electron chi connectivity index (χ0n) is 31.3. The number of fused-ring (bicyclic) bond motifs is 12. The predicted octanol–water partition coefficient (Wildman–Crippen LogP) is 17.2. The standard InChI is InChI=1S/C56H32S2/c1-3-15-36-33(12-1)14-11-23-41(36)54-42-19-7-9-21-44(42)55(45-22-10-8-20-43(45)54)46-28-27-37(39-17-5-6-18-40(39)46)35-25-29-51-48(30-35)50-31-49-47-26-24-34-13-2-4-16-38(34)56(47)58-53(49)32-52(50)57-51/h1-32H. The number of hydrogen-bond donors (Lipinski definition) is 0. The summed E-state index contributed by atoms with van der Waals surface area (Å²) >= 11 is 3.83. The summed E-state index contributed by atoms with van der Waals surface area (Å²) in [6, 6.07) is 72.6. The first kappa shape index (κ1) is 32.3. The molecule has 13 rings (SSSR count). The molecular weight excluding hydrogens is 737 g/mol. The Morgan fingerprint density at radius 3 is 1.45 bits per heavy atom. The van der Waals surface area contributed by atoms with Gasteiger partial charge < -0.3 is 0 Å². The Morgan fingerprint density at radius 2 is 0.741 bits per heavy atom. The topological polar surface area (TPSA) is 0 Å². The molecule has 0 nitrogen and oxygen atoms in total. The van der Waals surface area contributed by atoms with Crippen LogP contribution in [0.1, 0.15) is 0 Å². The molecule has 0 saturated heterocycles. The summed E-state index contributed by atoms with van der Waals surface area (Å²) in [5.74, 6) is 0. The molecule has 0 atom stereocenters. The average molecular weight is 769 g/mol. The second-order valence-electron chi connectivity index (χ2n) is 15.5. The van der Waals surface area contributed by atoms with Crippen LogP contribution in [0, 0.1) is 0 Å². The van der Waals surface area contributed by atoms with E-state index in [0.29, 0.717) is 0 Å². The molecule has 11 aromatic carbocycles. The normalized spacial score (nSPS) is 12.1. The van der Waals surface area contributed by atoms with Crippen molar-refractivity contribution in [2.24, 2.45) is 0 Å². The summed E-state index contributed by atoms with van der Waals surface area (Å²) in [7, 11) is 0. The van der Waals surface area contributed by atoms with Crippen LogP contribution in [0.4, 0.5) is 0 Å². The minimum absolute atomic E-state index is 1.25. The van der Waals surface area contributed by atoms with Gasteiger partial charge >= 0.3 is 0 Å². The quantitative estimate of drug-likeness (QED) is 0.157. The highest BCUT2D eigenvalue weighted by Gasteiger charge is 2.20. The molecule has 0 aliphatic rings. The molecule has 0 spiro atoms. The fourth-order valence-electron chi connectivity index (χ4n) is 9.86. The van der Waals surface area contributed by atoms with E-state index in [4.69, 9.17) is 0 Å². The van der Waals surface area contributed by atoms with E-state index in [1.54, 1.807) is 0 Å². The molecule has 0 aliphatic carbocycles. The number of thiophene rings is 2. The second kappa shape index (κ2) is 12.3. The molecule has 0 N–H and O–H groups in total. The van der Waals surface area contributed by atoms with Gasteiger partial charge in [0.25, 0.3) is 0 Å². The fourth-order valence-corrected chi connectivity index (χ4v) is 12.3. The molecule has 0 amide bonds. The second-order valence-corrected chi connectivity index (χ2v) is 17.6. The Labute approximate surface area is 342 Å². The van der Waals surface area contributed by atoms with E-state index in [0.717, 1.165) is 0 Å². The van der Waals surface area contributed by atoms with Crippen LogP contribution in [0.15, 0.2) is 194 Å². The molecule has 0 radical (unpaired) electrons. The van der Waals surface area contributed by atoms with Gasteiger partial charge in [-0.05, 0) is 112 Å². The highest BCUT2D eigenvalue weighted by molar-refractivity contribution is 7.28. The SMILES string of the molecule is c1ccc2c(-c3c4ccccc4c(-c4ccc(-c5ccc6sc7cc8sc9c%10ccccc%10ccc9c8cc7c6c5)c5ccccc45)c4ccccc34)cccc2c1. The molecular formula is C56H32S2. The number of rotatable bonds is 3. The molecule has 268 valence electrons. The van der Waals surface area contributed by atoms with Crippen molar-refractivity contribution in [2.45, 2.75) is 0 Å². The van der Waals surface area contributed by atoms with Gasteiger partial charge in [-0.15, -0.1) is 22.7 Å². The van der Waals surface area contributed by atoms with Crippen LogP contribution >= 0.6 is 22.7 Å². The minimum Gasteiger partial charge on any atom is -0.135 e. The Morgan fingerprint density at radius 1 is 0.241 bits per heavy atom. The first-order chi connectivity index (χ1) is 28.8. The van der Waals surface area contributed by atoms with E-state index in [2.05, 4.69) is 194 Å². The summed E-state index contributed by atoms with van der Waals surface area (Å²) in [4.78, 5) is 0. The molecule has 0 aliphatic heterocycles. The van der Waals surface area contributed by atoms with E-state index in [9.17, 15) is 0 Å². The number of benzene rings is 11. The van der Waals surface area contributed by atoms with Gasteiger partial charge in [0, 0.05) is 40.3 Å². The van der Waals surface area contributed by atoms with Crippen molar-refractivity contribution < 1.29 is 0 Å². The summed E-state index contributed by atoms with van der Waals surface area (Å²) in [5, 5.41) is 18.2. The van der Waals surface area contributed by atoms with E-state index >= 15 is 0 Å². The van der Waals surface area contributed by atoms with Crippen LogP contribution in [-0.4, -0.2) is 0 Å². The lowest BCUT2D eigenvalue weighted by Gasteiger charge is -2.20.